The summed E-state index contributed by atoms with van der Waals surface area (Å²) in [5, 5.41) is 0. The Labute approximate surface area is 204 Å². The Kier molecular flexibility index (Phi) is 6.56. The molecule has 0 atom stereocenters. The molecule has 0 saturated heterocycles. The lowest BCUT2D eigenvalue weighted by atomic mass is 9.92. The number of hydrogen-bond acceptors (Lipinski definition) is 1. The van der Waals surface area contributed by atoms with E-state index in [-0.39, 0.29) is 0 Å². The molecule has 0 aliphatic carbocycles. The van der Waals surface area contributed by atoms with Crippen molar-refractivity contribution in [3.63, 3.8) is 0 Å². The zero-order valence-corrected chi connectivity index (χ0v) is 19.3. The Bertz CT molecular complexity index is 1300. The van der Waals surface area contributed by atoms with E-state index in [4.69, 9.17) is 0 Å². The average molecular weight is 470 g/mol. The van der Waals surface area contributed by atoms with Crippen molar-refractivity contribution in [2.75, 3.05) is 13.1 Å². The van der Waals surface area contributed by atoms with Gasteiger partial charge in [-0.15, -0.1) is 0 Å². The zero-order valence-electron chi connectivity index (χ0n) is 19.3. The lowest BCUT2D eigenvalue weighted by Crippen LogP contribution is -2.27. The van der Waals surface area contributed by atoms with E-state index < -0.39 is 11.7 Å². The van der Waals surface area contributed by atoms with Crippen molar-refractivity contribution < 1.29 is 13.2 Å². The highest BCUT2D eigenvalue weighted by atomic mass is 19.4. The highest BCUT2D eigenvalue weighted by Gasteiger charge is 2.30. The van der Waals surface area contributed by atoms with Gasteiger partial charge in [0.05, 0.1) is 5.56 Å². The fraction of sp³-hybridized carbons (Fsp3) is 0.161. The van der Waals surface area contributed by atoms with E-state index in [0.717, 1.165) is 60.4 Å². The Morgan fingerprint density at radius 2 is 1.17 bits per heavy atom. The van der Waals surface area contributed by atoms with Crippen LogP contribution in [0.5, 0.6) is 0 Å². The van der Waals surface area contributed by atoms with Gasteiger partial charge < -0.3 is 0 Å². The van der Waals surface area contributed by atoms with Gasteiger partial charge in [0.1, 0.15) is 0 Å². The van der Waals surface area contributed by atoms with Gasteiger partial charge in [-0.2, -0.15) is 13.2 Å². The molecule has 35 heavy (non-hydrogen) atoms. The summed E-state index contributed by atoms with van der Waals surface area (Å²) in [6, 6.07) is 32.3. The van der Waals surface area contributed by atoms with E-state index in [2.05, 4.69) is 59.5 Å². The normalized spacial score (nSPS) is 14.5. The molecule has 0 amide bonds. The van der Waals surface area contributed by atoms with Crippen LogP contribution in [-0.4, -0.2) is 18.0 Å². The first-order valence-electron chi connectivity index (χ1n) is 11.8. The van der Waals surface area contributed by atoms with Crippen LogP contribution in [0.3, 0.4) is 0 Å². The van der Waals surface area contributed by atoms with Crippen LogP contribution in [0.4, 0.5) is 13.2 Å². The first kappa shape index (κ1) is 23.1. The third-order valence-electron chi connectivity index (χ3n) is 6.56. The molecule has 1 aliphatic rings. The summed E-state index contributed by atoms with van der Waals surface area (Å²) in [5.74, 6) is 0. The van der Waals surface area contributed by atoms with E-state index in [1.165, 1.54) is 16.7 Å². The summed E-state index contributed by atoms with van der Waals surface area (Å²) in [5.41, 5.74) is 7.02. The summed E-state index contributed by atoms with van der Waals surface area (Å²) in [4.78, 5) is 2.45. The minimum absolute atomic E-state index is 0.633. The molecule has 0 saturated carbocycles. The summed E-state index contributed by atoms with van der Waals surface area (Å²) < 4.78 is 38.9. The second-order valence-corrected chi connectivity index (χ2v) is 8.90. The standard InChI is InChI=1S/C31H26F3N/c32-31(33,34)28-16-14-27(15-17-28)30-9-5-4-8-29(30)26-12-10-24(11-13-26)25-18-20-35(21-19-25)22-23-6-2-1-3-7-23/h1-18H,19-22H2. The van der Waals surface area contributed by atoms with Gasteiger partial charge >= 0.3 is 6.18 Å². The number of nitrogens with zero attached hydrogens (tertiary/aromatic N) is 1. The second-order valence-electron chi connectivity index (χ2n) is 8.90. The molecule has 0 fully saturated rings. The quantitative estimate of drug-likeness (QED) is 0.284. The molecule has 176 valence electrons. The number of halogens is 3. The van der Waals surface area contributed by atoms with E-state index in [9.17, 15) is 13.2 Å². The number of rotatable bonds is 5. The second kappa shape index (κ2) is 9.93. The molecule has 1 nitrogen and oxygen atoms in total. The molecule has 1 heterocycles. The van der Waals surface area contributed by atoms with Crippen molar-refractivity contribution >= 4 is 5.57 Å². The molecular formula is C31H26F3N. The van der Waals surface area contributed by atoms with Gasteiger partial charge in [-0.25, -0.2) is 0 Å². The van der Waals surface area contributed by atoms with Crippen LogP contribution in [0.2, 0.25) is 0 Å². The summed E-state index contributed by atoms with van der Waals surface area (Å²) in [6.45, 7) is 2.92. The Balaban J connectivity index is 1.33. The molecular weight excluding hydrogens is 443 g/mol. The molecule has 4 aromatic carbocycles. The van der Waals surface area contributed by atoms with Crippen molar-refractivity contribution in [2.45, 2.75) is 19.1 Å². The summed E-state index contributed by atoms with van der Waals surface area (Å²) in [7, 11) is 0. The van der Waals surface area contributed by atoms with Crippen molar-refractivity contribution in [3.8, 4) is 22.3 Å². The highest BCUT2D eigenvalue weighted by molar-refractivity contribution is 5.84. The van der Waals surface area contributed by atoms with Gasteiger partial charge in [0.25, 0.3) is 0 Å². The van der Waals surface area contributed by atoms with Crippen LogP contribution < -0.4 is 0 Å². The predicted molar refractivity (Wildman–Crippen MR) is 137 cm³/mol. The summed E-state index contributed by atoms with van der Waals surface area (Å²) in [6.07, 6.45) is -1.01. The zero-order chi connectivity index (χ0) is 24.3. The number of benzene rings is 4. The van der Waals surface area contributed by atoms with Gasteiger partial charge in [0.2, 0.25) is 0 Å². The predicted octanol–water partition coefficient (Wildman–Crippen LogP) is 8.33. The van der Waals surface area contributed by atoms with Gasteiger partial charge in [-0.1, -0.05) is 97.1 Å². The van der Waals surface area contributed by atoms with Crippen LogP contribution in [-0.2, 0) is 12.7 Å². The molecule has 0 N–H and O–H groups in total. The molecule has 0 radical (unpaired) electrons. The molecule has 5 rings (SSSR count). The maximum atomic E-state index is 13.0. The molecule has 4 aromatic rings. The van der Waals surface area contributed by atoms with Gasteiger partial charge in [-0.3, -0.25) is 4.90 Å². The highest BCUT2D eigenvalue weighted by Crippen LogP contribution is 2.35. The molecule has 0 bridgehead atoms. The maximum Gasteiger partial charge on any atom is 0.416 e. The van der Waals surface area contributed by atoms with E-state index in [1.807, 2.05) is 30.3 Å². The van der Waals surface area contributed by atoms with Crippen LogP contribution >= 0.6 is 0 Å². The molecule has 0 unspecified atom stereocenters. The minimum atomic E-state index is -4.33. The Morgan fingerprint density at radius 1 is 0.629 bits per heavy atom. The van der Waals surface area contributed by atoms with Crippen LogP contribution in [0.1, 0.15) is 23.1 Å². The fourth-order valence-electron chi connectivity index (χ4n) is 4.65. The topological polar surface area (TPSA) is 3.24 Å². The maximum absolute atomic E-state index is 13.0. The van der Waals surface area contributed by atoms with Crippen molar-refractivity contribution in [1.82, 2.24) is 4.90 Å². The fourth-order valence-corrected chi connectivity index (χ4v) is 4.65. The lowest BCUT2D eigenvalue weighted by molar-refractivity contribution is -0.137. The SMILES string of the molecule is FC(F)(F)c1ccc(-c2ccccc2-c2ccc(C3=CCN(Cc4ccccc4)CC3)cc2)cc1. The van der Waals surface area contributed by atoms with Crippen molar-refractivity contribution in [3.05, 3.63) is 126 Å². The van der Waals surface area contributed by atoms with E-state index in [1.54, 1.807) is 12.1 Å². The van der Waals surface area contributed by atoms with Gasteiger partial charge in [0.15, 0.2) is 0 Å². The monoisotopic (exact) mass is 469 g/mol. The van der Waals surface area contributed by atoms with Gasteiger partial charge in [0, 0.05) is 19.6 Å². The third kappa shape index (κ3) is 5.39. The molecule has 4 heteroatoms. The smallest absolute Gasteiger partial charge is 0.295 e. The largest absolute Gasteiger partial charge is 0.416 e. The Hall–Kier alpha value is -3.63. The number of hydrogen-bond donors (Lipinski definition) is 0. The first-order valence-corrected chi connectivity index (χ1v) is 11.8. The first-order chi connectivity index (χ1) is 17.0. The van der Waals surface area contributed by atoms with Crippen molar-refractivity contribution in [2.24, 2.45) is 0 Å². The van der Waals surface area contributed by atoms with E-state index in [0.29, 0.717) is 0 Å². The molecule has 0 spiro atoms. The average Bonchev–Trinajstić information content (AvgIpc) is 2.89. The molecule has 1 aliphatic heterocycles. The van der Waals surface area contributed by atoms with Crippen LogP contribution in [0.25, 0.3) is 27.8 Å². The lowest BCUT2D eigenvalue weighted by Gasteiger charge is -2.26. The Morgan fingerprint density at radius 3 is 1.71 bits per heavy atom. The summed E-state index contributed by atoms with van der Waals surface area (Å²) >= 11 is 0. The van der Waals surface area contributed by atoms with E-state index >= 15 is 0 Å². The van der Waals surface area contributed by atoms with Crippen molar-refractivity contribution in [1.29, 1.82) is 0 Å². The van der Waals surface area contributed by atoms with Gasteiger partial charge in [-0.05, 0) is 57.5 Å². The van der Waals surface area contributed by atoms with Crippen LogP contribution in [0, 0.1) is 0 Å². The van der Waals surface area contributed by atoms with Crippen LogP contribution in [0.15, 0.2) is 109 Å². The third-order valence-corrected chi connectivity index (χ3v) is 6.56. The minimum Gasteiger partial charge on any atom is -0.295 e. The molecule has 0 aromatic heterocycles. The number of alkyl halides is 3.